The van der Waals surface area contributed by atoms with Gasteiger partial charge in [0.25, 0.3) is 0 Å². The van der Waals surface area contributed by atoms with E-state index in [4.69, 9.17) is 4.74 Å². The molecule has 1 aliphatic rings. The van der Waals surface area contributed by atoms with E-state index in [-0.39, 0.29) is 11.8 Å². The van der Waals surface area contributed by atoms with Gasteiger partial charge in [0, 0.05) is 11.6 Å². The van der Waals surface area contributed by atoms with Crippen molar-refractivity contribution in [1.29, 1.82) is 0 Å². The van der Waals surface area contributed by atoms with Gasteiger partial charge in [0.15, 0.2) is 0 Å². The second-order valence-electron chi connectivity index (χ2n) is 4.50. The summed E-state index contributed by atoms with van der Waals surface area (Å²) in [7, 11) is 1.67. The first-order chi connectivity index (χ1) is 8.24. The lowest BCUT2D eigenvalue weighted by Gasteiger charge is -2.24. The second kappa shape index (κ2) is 5.21. The Hall–Kier alpha value is -1.51. The first kappa shape index (κ1) is 12.0. The molecule has 17 heavy (non-hydrogen) atoms. The predicted octanol–water partition coefficient (Wildman–Crippen LogP) is 3.00. The Morgan fingerprint density at radius 3 is 2.76 bits per heavy atom. The fraction of sp³-hybridized carbons (Fsp3) is 0.500. The lowest BCUT2D eigenvalue weighted by atomic mass is 9.85. The summed E-state index contributed by atoms with van der Waals surface area (Å²) in [5, 5.41) is 2.98. The van der Waals surface area contributed by atoms with Crippen LogP contribution in [0.1, 0.15) is 31.7 Å². The van der Waals surface area contributed by atoms with Crippen molar-refractivity contribution in [2.24, 2.45) is 5.92 Å². The van der Waals surface area contributed by atoms with Crippen molar-refractivity contribution in [3.05, 3.63) is 23.8 Å². The predicted molar refractivity (Wildman–Crippen MR) is 68.3 cm³/mol. The van der Waals surface area contributed by atoms with Gasteiger partial charge in [-0.15, -0.1) is 0 Å². The summed E-state index contributed by atoms with van der Waals surface area (Å²) in [6.07, 6.45) is 4.14. The van der Waals surface area contributed by atoms with E-state index in [1.807, 2.05) is 18.2 Å². The van der Waals surface area contributed by atoms with Crippen LogP contribution < -0.4 is 10.1 Å². The maximum absolute atomic E-state index is 11.8. The maximum atomic E-state index is 11.8. The van der Waals surface area contributed by atoms with E-state index < -0.39 is 0 Å². The number of rotatable bonds is 4. The fourth-order valence-corrected chi connectivity index (χ4v) is 2.05. The zero-order valence-electron chi connectivity index (χ0n) is 10.5. The topological polar surface area (TPSA) is 38.3 Å². The first-order valence-electron chi connectivity index (χ1n) is 6.22. The molecule has 0 bridgehead atoms. The van der Waals surface area contributed by atoms with Gasteiger partial charge in [-0.3, -0.25) is 4.79 Å². The number of ether oxygens (including phenoxy) is 1. The highest BCUT2D eigenvalue weighted by molar-refractivity contribution is 5.93. The minimum atomic E-state index is 0.156. The Kier molecular flexibility index (Phi) is 3.67. The zero-order chi connectivity index (χ0) is 12.3. The highest BCUT2D eigenvalue weighted by atomic mass is 16.5. The minimum Gasteiger partial charge on any atom is -0.496 e. The van der Waals surface area contributed by atoms with Crippen LogP contribution in [0.3, 0.4) is 0 Å². The molecule has 0 spiro atoms. The Morgan fingerprint density at radius 1 is 1.47 bits per heavy atom. The third-order valence-corrected chi connectivity index (χ3v) is 3.40. The van der Waals surface area contributed by atoms with Gasteiger partial charge in [0.2, 0.25) is 5.91 Å². The van der Waals surface area contributed by atoms with Crippen LogP contribution in [-0.2, 0) is 11.2 Å². The molecule has 0 aromatic heterocycles. The molecular formula is C14H19NO2. The van der Waals surface area contributed by atoms with E-state index in [1.54, 1.807) is 7.11 Å². The molecular weight excluding hydrogens is 214 g/mol. The number of anilines is 1. The lowest BCUT2D eigenvalue weighted by molar-refractivity contribution is -0.122. The molecule has 0 atom stereocenters. The third kappa shape index (κ3) is 2.60. The molecule has 2 rings (SSSR count). The molecule has 1 aliphatic carbocycles. The minimum absolute atomic E-state index is 0.156. The van der Waals surface area contributed by atoms with Gasteiger partial charge in [-0.05, 0) is 43.0 Å². The number of nitrogens with one attached hydrogen (secondary N) is 1. The van der Waals surface area contributed by atoms with Crippen LogP contribution >= 0.6 is 0 Å². The van der Waals surface area contributed by atoms with Crippen LogP contribution in [0.4, 0.5) is 5.69 Å². The molecule has 1 amide bonds. The van der Waals surface area contributed by atoms with E-state index >= 15 is 0 Å². The van der Waals surface area contributed by atoms with Crippen molar-refractivity contribution in [3.63, 3.8) is 0 Å². The van der Waals surface area contributed by atoms with Crippen LogP contribution in [0.5, 0.6) is 5.75 Å². The van der Waals surface area contributed by atoms with Gasteiger partial charge in [0.05, 0.1) is 7.11 Å². The fourth-order valence-electron chi connectivity index (χ4n) is 2.05. The van der Waals surface area contributed by atoms with Crippen LogP contribution in [0, 0.1) is 5.92 Å². The molecule has 1 saturated carbocycles. The number of amides is 1. The number of carbonyl (C=O) groups excluding carboxylic acids is 1. The number of hydrogen-bond acceptors (Lipinski definition) is 2. The molecule has 1 fully saturated rings. The summed E-state index contributed by atoms with van der Waals surface area (Å²) in [4.78, 5) is 11.8. The smallest absolute Gasteiger partial charge is 0.227 e. The summed E-state index contributed by atoms with van der Waals surface area (Å²) >= 11 is 0. The average Bonchev–Trinajstić information content (AvgIpc) is 2.26. The molecule has 0 saturated heterocycles. The summed E-state index contributed by atoms with van der Waals surface area (Å²) < 4.78 is 5.26. The SMILES string of the molecule is CCc1cc(NC(=O)C2CCC2)ccc1OC. The summed E-state index contributed by atoms with van der Waals surface area (Å²) in [5.74, 6) is 1.26. The quantitative estimate of drug-likeness (QED) is 0.868. The van der Waals surface area contributed by atoms with Crippen molar-refractivity contribution < 1.29 is 9.53 Å². The maximum Gasteiger partial charge on any atom is 0.227 e. The third-order valence-electron chi connectivity index (χ3n) is 3.40. The largest absolute Gasteiger partial charge is 0.496 e. The van der Waals surface area contributed by atoms with Gasteiger partial charge in [-0.2, -0.15) is 0 Å². The Balaban J connectivity index is 2.07. The van der Waals surface area contributed by atoms with E-state index in [0.717, 1.165) is 36.3 Å². The molecule has 0 heterocycles. The molecule has 92 valence electrons. The standard InChI is InChI=1S/C14H19NO2/c1-3-10-9-12(7-8-13(10)17-2)15-14(16)11-5-4-6-11/h7-9,11H,3-6H2,1-2H3,(H,15,16). The number of benzene rings is 1. The highest BCUT2D eigenvalue weighted by Gasteiger charge is 2.25. The average molecular weight is 233 g/mol. The Bertz CT molecular complexity index is 411. The Morgan fingerprint density at radius 2 is 2.24 bits per heavy atom. The van der Waals surface area contributed by atoms with E-state index in [1.165, 1.54) is 6.42 Å². The first-order valence-corrected chi connectivity index (χ1v) is 6.22. The molecule has 3 nitrogen and oxygen atoms in total. The van der Waals surface area contributed by atoms with Crippen LogP contribution in [0.15, 0.2) is 18.2 Å². The molecule has 0 unspecified atom stereocenters. The summed E-state index contributed by atoms with van der Waals surface area (Å²) in [6.45, 7) is 2.08. The van der Waals surface area contributed by atoms with E-state index in [9.17, 15) is 4.79 Å². The van der Waals surface area contributed by atoms with Gasteiger partial charge in [-0.1, -0.05) is 13.3 Å². The molecule has 1 N–H and O–H groups in total. The zero-order valence-corrected chi connectivity index (χ0v) is 10.5. The number of hydrogen-bond donors (Lipinski definition) is 1. The van der Waals surface area contributed by atoms with Gasteiger partial charge >= 0.3 is 0 Å². The van der Waals surface area contributed by atoms with Crippen LogP contribution in [0.25, 0.3) is 0 Å². The summed E-state index contributed by atoms with van der Waals surface area (Å²) in [6, 6.07) is 5.80. The second-order valence-corrected chi connectivity index (χ2v) is 4.50. The van der Waals surface area contributed by atoms with Crippen molar-refractivity contribution in [3.8, 4) is 5.75 Å². The normalized spacial score (nSPS) is 15.2. The van der Waals surface area contributed by atoms with E-state index in [2.05, 4.69) is 12.2 Å². The number of carbonyl (C=O) groups is 1. The Labute approximate surface area is 102 Å². The molecule has 1 aromatic carbocycles. The van der Waals surface area contributed by atoms with Crippen molar-refractivity contribution in [1.82, 2.24) is 0 Å². The van der Waals surface area contributed by atoms with Crippen LogP contribution in [-0.4, -0.2) is 13.0 Å². The van der Waals surface area contributed by atoms with Gasteiger partial charge in [-0.25, -0.2) is 0 Å². The van der Waals surface area contributed by atoms with Gasteiger partial charge in [0.1, 0.15) is 5.75 Å². The summed E-state index contributed by atoms with van der Waals surface area (Å²) in [5.41, 5.74) is 2.00. The molecule has 3 heteroatoms. The molecule has 0 radical (unpaired) electrons. The monoisotopic (exact) mass is 233 g/mol. The molecule has 1 aromatic rings. The van der Waals surface area contributed by atoms with Crippen molar-refractivity contribution >= 4 is 11.6 Å². The van der Waals surface area contributed by atoms with E-state index in [0.29, 0.717) is 0 Å². The lowest BCUT2D eigenvalue weighted by Crippen LogP contribution is -2.28. The van der Waals surface area contributed by atoms with Gasteiger partial charge < -0.3 is 10.1 Å². The van der Waals surface area contributed by atoms with Crippen molar-refractivity contribution in [2.45, 2.75) is 32.6 Å². The highest BCUT2D eigenvalue weighted by Crippen LogP contribution is 2.28. The van der Waals surface area contributed by atoms with Crippen molar-refractivity contribution in [2.75, 3.05) is 12.4 Å². The number of aryl methyl sites for hydroxylation is 1. The number of methoxy groups -OCH3 is 1. The van der Waals surface area contributed by atoms with Crippen LogP contribution in [0.2, 0.25) is 0 Å². The molecule has 0 aliphatic heterocycles.